The molecular formula is C18H22N2O2. The zero-order chi connectivity index (χ0) is 15.9. The standard InChI is InChI=1S/C18H22N2O2/c1-20(2)13-15-10-8-14(9-11-15)12-19-18(22)17(21)16-6-4-3-5-7-16/h3-11,17,21H,12-13H2,1-2H3,(H,19,22). The summed E-state index contributed by atoms with van der Waals surface area (Å²) in [7, 11) is 4.05. The van der Waals surface area contributed by atoms with E-state index < -0.39 is 6.10 Å². The second-order valence-electron chi connectivity index (χ2n) is 5.59. The third kappa shape index (κ3) is 4.69. The number of nitrogens with zero attached hydrogens (tertiary/aromatic N) is 1. The van der Waals surface area contributed by atoms with Gasteiger partial charge in [0.2, 0.25) is 0 Å². The molecule has 0 heterocycles. The molecule has 0 radical (unpaired) electrons. The van der Waals surface area contributed by atoms with Crippen LogP contribution in [0.3, 0.4) is 0 Å². The van der Waals surface area contributed by atoms with Gasteiger partial charge < -0.3 is 15.3 Å². The fourth-order valence-corrected chi connectivity index (χ4v) is 2.20. The summed E-state index contributed by atoms with van der Waals surface area (Å²) in [6, 6.07) is 17.0. The second kappa shape index (κ2) is 7.73. The second-order valence-corrected chi connectivity index (χ2v) is 5.59. The third-order valence-electron chi connectivity index (χ3n) is 3.35. The number of hydrogen-bond donors (Lipinski definition) is 2. The summed E-state index contributed by atoms with van der Waals surface area (Å²) < 4.78 is 0. The highest BCUT2D eigenvalue weighted by Gasteiger charge is 2.16. The van der Waals surface area contributed by atoms with Crippen LogP contribution in [-0.4, -0.2) is 30.0 Å². The van der Waals surface area contributed by atoms with Crippen LogP contribution in [0.25, 0.3) is 0 Å². The Hall–Kier alpha value is -2.17. The monoisotopic (exact) mass is 298 g/mol. The van der Waals surface area contributed by atoms with Gasteiger partial charge >= 0.3 is 0 Å². The highest BCUT2D eigenvalue weighted by molar-refractivity contribution is 5.81. The highest BCUT2D eigenvalue weighted by atomic mass is 16.3. The van der Waals surface area contributed by atoms with Gasteiger partial charge in [-0.15, -0.1) is 0 Å². The molecule has 0 aliphatic carbocycles. The Morgan fingerprint density at radius 1 is 1.05 bits per heavy atom. The smallest absolute Gasteiger partial charge is 0.253 e. The Morgan fingerprint density at radius 2 is 1.64 bits per heavy atom. The number of aliphatic hydroxyl groups excluding tert-OH is 1. The van der Waals surface area contributed by atoms with Gasteiger partial charge in [0.25, 0.3) is 5.91 Å². The molecule has 0 saturated carbocycles. The lowest BCUT2D eigenvalue weighted by atomic mass is 10.1. The number of hydrogen-bond acceptors (Lipinski definition) is 3. The summed E-state index contributed by atoms with van der Waals surface area (Å²) in [5.74, 6) is -0.386. The van der Waals surface area contributed by atoms with Crippen LogP contribution >= 0.6 is 0 Å². The van der Waals surface area contributed by atoms with E-state index in [1.807, 2.05) is 32.3 Å². The molecule has 22 heavy (non-hydrogen) atoms. The van der Waals surface area contributed by atoms with Gasteiger partial charge in [-0.1, -0.05) is 54.6 Å². The molecular weight excluding hydrogens is 276 g/mol. The van der Waals surface area contributed by atoms with Gasteiger partial charge in [0, 0.05) is 13.1 Å². The van der Waals surface area contributed by atoms with E-state index in [4.69, 9.17) is 0 Å². The van der Waals surface area contributed by atoms with Crippen molar-refractivity contribution in [3.05, 3.63) is 71.3 Å². The van der Waals surface area contributed by atoms with Crippen molar-refractivity contribution < 1.29 is 9.90 Å². The number of carbonyl (C=O) groups excluding carboxylic acids is 1. The Labute approximate surface area is 131 Å². The molecule has 116 valence electrons. The van der Waals surface area contributed by atoms with Crippen molar-refractivity contribution in [3.63, 3.8) is 0 Å². The summed E-state index contributed by atoms with van der Waals surface area (Å²) in [4.78, 5) is 14.1. The number of carbonyl (C=O) groups is 1. The lowest BCUT2D eigenvalue weighted by Gasteiger charge is -2.13. The SMILES string of the molecule is CN(C)Cc1ccc(CNC(=O)C(O)c2ccccc2)cc1. The van der Waals surface area contributed by atoms with E-state index in [9.17, 15) is 9.90 Å². The van der Waals surface area contributed by atoms with E-state index in [1.54, 1.807) is 24.3 Å². The average Bonchev–Trinajstić information content (AvgIpc) is 2.53. The maximum atomic E-state index is 12.0. The van der Waals surface area contributed by atoms with Crippen molar-refractivity contribution in [3.8, 4) is 0 Å². The van der Waals surface area contributed by atoms with Gasteiger partial charge in [0.15, 0.2) is 6.10 Å². The topological polar surface area (TPSA) is 52.6 Å². The van der Waals surface area contributed by atoms with E-state index in [0.717, 1.165) is 12.1 Å². The third-order valence-corrected chi connectivity index (χ3v) is 3.35. The molecule has 0 aromatic heterocycles. The first-order chi connectivity index (χ1) is 10.6. The molecule has 4 heteroatoms. The molecule has 0 spiro atoms. The van der Waals surface area contributed by atoms with Gasteiger partial charge in [-0.2, -0.15) is 0 Å². The first kappa shape index (κ1) is 16.2. The molecule has 0 aliphatic heterocycles. The average molecular weight is 298 g/mol. The number of nitrogens with one attached hydrogen (secondary N) is 1. The molecule has 0 fully saturated rings. The maximum absolute atomic E-state index is 12.0. The van der Waals surface area contributed by atoms with E-state index in [1.165, 1.54) is 5.56 Å². The van der Waals surface area contributed by atoms with E-state index in [0.29, 0.717) is 12.1 Å². The molecule has 0 aliphatic rings. The molecule has 1 atom stereocenters. The van der Waals surface area contributed by atoms with Crippen molar-refractivity contribution in [2.24, 2.45) is 0 Å². The number of rotatable bonds is 6. The van der Waals surface area contributed by atoms with Gasteiger partial charge in [0.1, 0.15) is 0 Å². The molecule has 0 saturated heterocycles. The van der Waals surface area contributed by atoms with Crippen LogP contribution in [0.1, 0.15) is 22.8 Å². The highest BCUT2D eigenvalue weighted by Crippen LogP contribution is 2.12. The van der Waals surface area contributed by atoms with Crippen molar-refractivity contribution in [1.82, 2.24) is 10.2 Å². The normalized spacial score (nSPS) is 12.2. The van der Waals surface area contributed by atoms with Crippen LogP contribution in [-0.2, 0) is 17.9 Å². The Bertz CT molecular complexity index is 594. The molecule has 2 N–H and O–H groups in total. The molecule has 2 rings (SSSR count). The van der Waals surface area contributed by atoms with Crippen molar-refractivity contribution in [1.29, 1.82) is 0 Å². The van der Waals surface area contributed by atoms with Crippen molar-refractivity contribution in [2.75, 3.05) is 14.1 Å². The lowest BCUT2D eigenvalue weighted by Crippen LogP contribution is -2.28. The molecule has 0 bridgehead atoms. The first-order valence-corrected chi connectivity index (χ1v) is 7.29. The van der Waals surface area contributed by atoms with Gasteiger partial charge in [0.05, 0.1) is 0 Å². The summed E-state index contributed by atoms with van der Waals surface area (Å²) in [5.41, 5.74) is 2.84. The summed E-state index contributed by atoms with van der Waals surface area (Å²) in [6.45, 7) is 1.30. The molecule has 2 aromatic carbocycles. The predicted molar refractivity (Wildman–Crippen MR) is 87.1 cm³/mol. The molecule has 1 amide bonds. The number of aliphatic hydroxyl groups is 1. The minimum absolute atomic E-state index is 0.386. The van der Waals surface area contributed by atoms with Gasteiger partial charge in [-0.3, -0.25) is 4.79 Å². The van der Waals surface area contributed by atoms with Crippen LogP contribution < -0.4 is 5.32 Å². The van der Waals surface area contributed by atoms with Gasteiger partial charge in [-0.25, -0.2) is 0 Å². The maximum Gasteiger partial charge on any atom is 0.253 e. The summed E-state index contributed by atoms with van der Waals surface area (Å²) >= 11 is 0. The van der Waals surface area contributed by atoms with E-state index >= 15 is 0 Å². The molecule has 4 nitrogen and oxygen atoms in total. The van der Waals surface area contributed by atoms with Crippen molar-refractivity contribution >= 4 is 5.91 Å². The zero-order valence-corrected chi connectivity index (χ0v) is 13.0. The minimum atomic E-state index is -1.13. The molecule has 1 unspecified atom stereocenters. The minimum Gasteiger partial charge on any atom is -0.378 e. The van der Waals surface area contributed by atoms with Crippen LogP contribution in [0.2, 0.25) is 0 Å². The zero-order valence-electron chi connectivity index (χ0n) is 13.0. The van der Waals surface area contributed by atoms with Crippen LogP contribution in [0, 0.1) is 0 Å². The van der Waals surface area contributed by atoms with Crippen LogP contribution in [0.15, 0.2) is 54.6 Å². The fourth-order valence-electron chi connectivity index (χ4n) is 2.20. The van der Waals surface area contributed by atoms with E-state index in [2.05, 4.69) is 22.3 Å². The lowest BCUT2D eigenvalue weighted by molar-refractivity contribution is -0.129. The van der Waals surface area contributed by atoms with Crippen molar-refractivity contribution in [2.45, 2.75) is 19.2 Å². The fraction of sp³-hybridized carbons (Fsp3) is 0.278. The largest absolute Gasteiger partial charge is 0.378 e. The summed E-state index contributed by atoms with van der Waals surface area (Å²) in [5, 5.41) is 12.8. The Balaban J connectivity index is 1.88. The Kier molecular flexibility index (Phi) is 5.69. The first-order valence-electron chi connectivity index (χ1n) is 7.29. The van der Waals surface area contributed by atoms with Gasteiger partial charge in [-0.05, 0) is 30.8 Å². The van der Waals surface area contributed by atoms with Crippen LogP contribution in [0.4, 0.5) is 0 Å². The Morgan fingerprint density at radius 3 is 2.23 bits per heavy atom. The van der Waals surface area contributed by atoms with E-state index in [-0.39, 0.29) is 5.91 Å². The molecule has 2 aromatic rings. The summed E-state index contributed by atoms with van der Waals surface area (Å²) in [6.07, 6.45) is -1.13. The quantitative estimate of drug-likeness (QED) is 0.858. The van der Waals surface area contributed by atoms with Crippen LogP contribution in [0.5, 0.6) is 0 Å². The number of amides is 1. The number of benzene rings is 2. The predicted octanol–water partition coefficient (Wildman–Crippen LogP) is 2.10.